The first-order valence-electron chi connectivity index (χ1n) is 6.92. The number of fused-ring (bicyclic) bond motifs is 1. The Morgan fingerprint density at radius 1 is 0.944 bits per heavy atom. The topological polar surface area (TPSA) is 0 Å². The summed E-state index contributed by atoms with van der Waals surface area (Å²) in [7, 11) is 0. The lowest BCUT2D eigenvalue weighted by Crippen LogP contribution is -2.19. The third-order valence-electron chi connectivity index (χ3n) is 4.32. The van der Waals surface area contributed by atoms with Crippen LogP contribution in [0.2, 0.25) is 0 Å². The smallest absolute Gasteiger partial charge is 0.00667 e. The third kappa shape index (κ3) is 2.08. The second-order valence-corrected chi connectivity index (χ2v) is 5.66. The molecule has 0 unspecified atom stereocenters. The molecule has 0 aliphatic heterocycles. The van der Waals surface area contributed by atoms with Gasteiger partial charge in [0, 0.05) is 0 Å². The monoisotopic (exact) mass is 236 g/mol. The first kappa shape index (κ1) is 11.5. The summed E-state index contributed by atoms with van der Waals surface area (Å²) < 4.78 is 0. The highest BCUT2D eigenvalue weighted by atomic mass is 14.4. The molecular weight excluding hydrogens is 216 g/mol. The van der Waals surface area contributed by atoms with Gasteiger partial charge in [0.2, 0.25) is 0 Å². The van der Waals surface area contributed by atoms with Gasteiger partial charge >= 0.3 is 0 Å². The standard InChI is InChI=1S/C18H20/c1-18-13-5-9-16(17(18)10-6-14-18)12-11-15-7-3-2-4-8-15/h2-4,7-12H,5-6,13-14H2,1H3/t18-/m1/s1. The Morgan fingerprint density at radius 3 is 2.44 bits per heavy atom. The van der Waals surface area contributed by atoms with Crippen molar-refractivity contribution in [1.29, 1.82) is 0 Å². The van der Waals surface area contributed by atoms with Gasteiger partial charge in [0.05, 0.1) is 0 Å². The summed E-state index contributed by atoms with van der Waals surface area (Å²) >= 11 is 0. The van der Waals surface area contributed by atoms with Crippen LogP contribution in [0.4, 0.5) is 0 Å². The van der Waals surface area contributed by atoms with Crippen LogP contribution in [0.25, 0.3) is 6.08 Å². The van der Waals surface area contributed by atoms with Crippen molar-refractivity contribution in [3.63, 3.8) is 0 Å². The fourth-order valence-corrected chi connectivity index (χ4v) is 3.21. The molecule has 0 fully saturated rings. The molecule has 0 heteroatoms. The van der Waals surface area contributed by atoms with Gasteiger partial charge in [-0.2, -0.15) is 0 Å². The highest BCUT2D eigenvalue weighted by Gasteiger charge is 2.34. The third-order valence-corrected chi connectivity index (χ3v) is 4.32. The first-order chi connectivity index (χ1) is 8.78. The summed E-state index contributed by atoms with van der Waals surface area (Å²) in [6.07, 6.45) is 14.5. The maximum absolute atomic E-state index is 2.44. The molecule has 0 saturated carbocycles. The summed E-state index contributed by atoms with van der Waals surface area (Å²) in [6, 6.07) is 10.6. The van der Waals surface area contributed by atoms with Crippen LogP contribution in [-0.2, 0) is 0 Å². The van der Waals surface area contributed by atoms with Crippen molar-refractivity contribution in [3.05, 3.63) is 65.3 Å². The lowest BCUT2D eigenvalue weighted by atomic mass is 9.72. The van der Waals surface area contributed by atoms with Crippen molar-refractivity contribution >= 4 is 6.08 Å². The summed E-state index contributed by atoms with van der Waals surface area (Å²) in [5.74, 6) is 0. The molecule has 0 amide bonds. The molecule has 0 spiro atoms. The van der Waals surface area contributed by atoms with Crippen molar-refractivity contribution in [3.8, 4) is 0 Å². The van der Waals surface area contributed by atoms with Gasteiger partial charge in [-0.15, -0.1) is 0 Å². The normalized spacial score (nSPS) is 26.9. The molecule has 0 N–H and O–H groups in total. The minimum absolute atomic E-state index is 0.450. The summed E-state index contributed by atoms with van der Waals surface area (Å²) in [4.78, 5) is 0. The van der Waals surface area contributed by atoms with E-state index in [0.29, 0.717) is 5.41 Å². The second-order valence-electron chi connectivity index (χ2n) is 5.66. The van der Waals surface area contributed by atoms with Crippen molar-refractivity contribution in [2.24, 2.45) is 5.41 Å². The van der Waals surface area contributed by atoms with Crippen molar-refractivity contribution in [2.75, 3.05) is 0 Å². The van der Waals surface area contributed by atoms with E-state index in [2.05, 4.69) is 61.6 Å². The number of benzene rings is 1. The molecule has 18 heavy (non-hydrogen) atoms. The molecule has 0 aromatic heterocycles. The van der Waals surface area contributed by atoms with Crippen LogP contribution in [0, 0.1) is 5.41 Å². The largest absolute Gasteiger partial charge is 0.0801 e. The van der Waals surface area contributed by atoms with Gasteiger partial charge in [0.25, 0.3) is 0 Å². The lowest BCUT2D eigenvalue weighted by Gasteiger charge is -2.32. The molecule has 0 saturated heterocycles. The average Bonchev–Trinajstić information content (AvgIpc) is 2.79. The molecule has 1 aromatic carbocycles. The van der Waals surface area contributed by atoms with Crippen LogP contribution < -0.4 is 0 Å². The van der Waals surface area contributed by atoms with Crippen molar-refractivity contribution in [1.82, 2.24) is 0 Å². The lowest BCUT2D eigenvalue weighted by molar-refractivity contribution is 0.361. The molecule has 0 radical (unpaired) electrons. The van der Waals surface area contributed by atoms with Crippen LogP contribution in [0.5, 0.6) is 0 Å². The molecule has 2 aliphatic rings. The van der Waals surface area contributed by atoms with Gasteiger partial charge in [0.15, 0.2) is 0 Å². The average molecular weight is 236 g/mol. The molecule has 2 aliphatic carbocycles. The molecule has 1 atom stereocenters. The molecule has 0 heterocycles. The Morgan fingerprint density at radius 2 is 1.67 bits per heavy atom. The zero-order valence-electron chi connectivity index (χ0n) is 11.0. The zero-order valence-corrected chi connectivity index (χ0v) is 11.0. The van der Waals surface area contributed by atoms with Crippen molar-refractivity contribution in [2.45, 2.75) is 32.6 Å². The molecule has 0 bridgehead atoms. The quantitative estimate of drug-likeness (QED) is 0.666. The fraction of sp³-hybridized carbons (Fsp3) is 0.333. The summed E-state index contributed by atoms with van der Waals surface area (Å²) in [6.45, 7) is 2.43. The van der Waals surface area contributed by atoms with E-state index >= 15 is 0 Å². The SMILES string of the molecule is C[C@]12CCC=C(C=Cc3ccccc3)C1=CCC2. The van der Waals surface area contributed by atoms with Gasteiger partial charge in [-0.3, -0.25) is 0 Å². The van der Waals surface area contributed by atoms with Gasteiger partial charge in [-0.1, -0.05) is 61.6 Å². The number of hydrogen-bond donors (Lipinski definition) is 0. The number of allylic oxidation sites excluding steroid dienone is 5. The number of rotatable bonds is 2. The minimum Gasteiger partial charge on any atom is -0.0801 e. The minimum atomic E-state index is 0.450. The van der Waals surface area contributed by atoms with Gasteiger partial charge in [-0.25, -0.2) is 0 Å². The highest BCUT2D eigenvalue weighted by molar-refractivity contribution is 5.58. The predicted molar refractivity (Wildman–Crippen MR) is 78.2 cm³/mol. The number of hydrogen-bond acceptors (Lipinski definition) is 0. The predicted octanol–water partition coefficient (Wildman–Crippen LogP) is 5.15. The summed E-state index contributed by atoms with van der Waals surface area (Å²) in [5, 5.41) is 0. The molecule has 1 aromatic rings. The first-order valence-corrected chi connectivity index (χ1v) is 6.92. The van der Waals surface area contributed by atoms with Crippen molar-refractivity contribution < 1.29 is 0 Å². The van der Waals surface area contributed by atoms with E-state index < -0.39 is 0 Å². The fourth-order valence-electron chi connectivity index (χ4n) is 3.21. The van der Waals surface area contributed by atoms with E-state index in [1.165, 1.54) is 36.8 Å². The molecule has 3 rings (SSSR count). The van der Waals surface area contributed by atoms with E-state index in [0.717, 1.165) is 0 Å². The van der Waals surface area contributed by atoms with Crippen LogP contribution in [0.3, 0.4) is 0 Å². The van der Waals surface area contributed by atoms with E-state index in [9.17, 15) is 0 Å². The van der Waals surface area contributed by atoms with Crippen LogP contribution in [0.1, 0.15) is 38.2 Å². The van der Waals surface area contributed by atoms with Gasteiger partial charge < -0.3 is 0 Å². The Hall–Kier alpha value is -1.56. The molecular formula is C18H20. The Labute approximate surface area is 110 Å². The molecule has 92 valence electrons. The van der Waals surface area contributed by atoms with Crippen LogP contribution in [-0.4, -0.2) is 0 Å². The Balaban J connectivity index is 1.85. The van der Waals surface area contributed by atoms with E-state index in [1.807, 2.05) is 0 Å². The maximum atomic E-state index is 2.44. The van der Waals surface area contributed by atoms with Gasteiger partial charge in [-0.05, 0) is 47.8 Å². The highest BCUT2D eigenvalue weighted by Crippen LogP contribution is 2.49. The Kier molecular flexibility index (Phi) is 2.95. The van der Waals surface area contributed by atoms with Gasteiger partial charge in [0.1, 0.15) is 0 Å². The Bertz CT molecular complexity index is 516. The van der Waals surface area contributed by atoms with E-state index in [-0.39, 0.29) is 0 Å². The van der Waals surface area contributed by atoms with Crippen LogP contribution in [0.15, 0.2) is 59.7 Å². The molecule has 0 nitrogen and oxygen atoms in total. The summed E-state index contributed by atoms with van der Waals surface area (Å²) in [5.41, 5.74) is 4.76. The van der Waals surface area contributed by atoms with E-state index in [1.54, 1.807) is 5.57 Å². The van der Waals surface area contributed by atoms with E-state index in [4.69, 9.17) is 0 Å². The van der Waals surface area contributed by atoms with Crippen LogP contribution >= 0.6 is 0 Å². The second kappa shape index (κ2) is 4.61. The zero-order chi connectivity index (χ0) is 12.4. The maximum Gasteiger partial charge on any atom is -0.00667 e.